The maximum absolute atomic E-state index is 6.43. The quantitative estimate of drug-likeness (QED) is 0.578. The summed E-state index contributed by atoms with van der Waals surface area (Å²) in [5.74, 6) is 2.72. The lowest BCUT2D eigenvalue weighted by Gasteiger charge is -2.42. The zero-order valence-electron chi connectivity index (χ0n) is 15.5. The molecule has 0 aromatic heterocycles. The van der Waals surface area contributed by atoms with Crippen LogP contribution in [0.25, 0.3) is 0 Å². The molecular formula is C22H25O2PS. The first-order chi connectivity index (χ1) is 12.4. The number of fused-ring (bicyclic) bond motifs is 3. The molecule has 0 amide bonds. The SMILES string of the molecule is CC(C)(C)C1CC=C2OP(=S)(Oc3ccccc3)c3ccccc3C2C1. The Kier molecular flexibility index (Phi) is 4.49. The summed E-state index contributed by atoms with van der Waals surface area (Å²) in [4.78, 5) is 0. The van der Waals surface area contributed by atoms with E-state index in [1.165, 1.54) is 5.56 Å². The average Bonchev–Trinajstić information content (AvgIpc) is 2.61. The van der Waals surface area contributed by atoms with Gasteiger partial charge < -0.3 is 9.05 Å². The van der Waals surface area contributed by atoms with Crippen molar-refractivity contribution in [3.05, 3.63) is 72.0 Å². The maximum atomic E-state index is 6.43. The summed E-state index contributed by atoms with van der Waals surface area (Å²) in [5, 5.41) is 1.07. The van der Waals surface area contributed by atoms with E-state index in [4.69, 9.17) is 20.9 Å². The summed E-state index contributed by atoms with van der Waals surface area (Å²) in [6, 6.07) is 18.2. The predicted molar refractivity (Wildman–Crippen MR) is 112 cm³/mol. The first-order valence-electron chi connectivity index (χ1n) is 9.21. The van der Waals surface area contributed by atoms with E-state index in [0.29, 0.717) is 11.8 Å². The Morgan fingerprint density at radius 2 is 1.73 bits per heavy atom. The van der Waals surface area contributed by atoms with Crippen LogP contribution in [0.2, 0.25) is 0 Å². The van der Waals surface area contributed by atoms with Crippen molar-refractivity contribution in [2.75, 3.05) is 0 Å². The fourth-order valence-corrected chi connectivity index (χ4v) is 6.84. The van der Waals surface area contributed by atoms with Gasteiger partial charge in [0.15, 0.2) is 0 Å². The van der Waals surface area contributed by atoms with Gasteiger partial charge in [-0.05, 0) is 65.8 Å². The normalized spacial score (nSPS) is 27.6. The molecule has 0 fully saturated rings. The van der Waals surface area contributed by atoms with Crippen LogP contribution < -0.4 is 9.83 Å². The van der Waals surface area contributed by atoms with Crippen LogP contribution in [-0.2, 0) is 16.3 Å². The van der Waals surface area contributed by atoms with Gasteiger partial charge in [0.25, 0.3) is 0 Å². The van der Waals surface area contributed by atoms with Gasteiger partial charge in [0.1, 0.15) is 11.5 Å². The van der Waals surface area contributed by atoms with Crippen LogP contribution in [0.5, 0.6) is 5.75 Å². The lowest BCUT2D eigenvalue weighted by molar-refractivity contribution is 0.192. The second kappa shape index (κ2) is 6.55. The molecule has 0 saturated heterocycles. The molecule has 0 radical (unpaired) electrons. The van der Waals surface area contributed by atoms with Crippen molar-refractivity contribution >= 4 is 23.6 Å². The van der Waals surface area contributed by atoms with Gasteiger partial charge in [-0.1, -0.05) is 57.2 Å². The molecule has 0 saturated carbocycles. The van der Waals surface area contributed by atoms with Gasteiger partial charge in [-0.25, -0.2) is 0 Å². The van der Waals surface area contributed by atoms with E-state index in [1.807, 2.05) is 36.4 Å². The Morgan fingerprint density at radius 3 is 2.46 bits per heavy atom. The van der Waals surface area contributed by atoms with Crippen molar-refractivity contribution in [1.82, 2.24) is 0 Å². The fourth-order valence-electron chi connectivity index (χ4n) is 3.89. The number of para-hydroxylation sites is 1. The van der Waals surface area contributed by atoms with Crippen LogP contribution in [0, 0.1) is 11.3 Å². The number of allylic oxidation sites excluding steroid dienone is 2. The molecule has 0 bridgehead atoms. The second-order valence-electron chi connectivity index (χ2n) is 8.25. The average molecular weight is 384 g/mol. The van der Waals surface area contributed by atoms with Gasteiger partial charge in [-0.2, -0.15) is 0 Å². The smallest absolute Gasteiger partial charge is 0.319 e. The Hall–Kier alpha value is -1.57. The van der Waals surface area contributed by atoms with Crippen LogP contribution in [0.3, 0.4) is 0 Å². The molecule has 2 aromatic rings. The van der Waals surface area contributed by atoms with Crippen molar-refractivity contribution < 1.29 is 9.05 Å². The lowest BCUT2D eigenvalue weighted by atomic mass is 9.70. The van der Waals surface area contributed by atoms with Crippen molar-refractivity contribution in [3.63, 3.8) is 0 Å². The van der Waals surface area contributed by atoms with Crippen molar-refractivity contribution in [2.45, 2.75) is 39.5 Å². The molecule has 0 N–H and O–H groups in total. The third kappa shape index (κ3) is 3.23. The first kappa shape index (κ1) is 17.8. The van der Waals surface area contributed by atoms with Crippen LogP contribution in [0.15, 0.2) is 66.4 Å². The van der Waals surface area contributed by atoms with Gasteiger partial charge in [0.2, 0.25) is 0 Å². The Morgan fingerprint density at radius 1 is 1.04 bits per heavy atom. The number of benzene rings is 2. The molecule has 3 atom stereocenters. The van der Waals surface area contributed by atoms with Gasteiger partial charge in [0, 0.05) is 5.92 Å². The minimum absolute atomic E-state index is 0.287. The van der Waals surface area contributed by atoms with Gasteiger partial charge in [-0.3, -0.25) is 0 Å². The molecule has 26 heavy (non-hydrogen) atoms. The highest BCUT2D eigenvalue weighted by Gasteiger charge is 2.43. The van der Waals surface area contributed by atoms with E-state index in [9.17, 15) is 0 Å². The van der Waals surface area contributed by atoms with E-state index < -0.39 is 6.49 Å². The highest BCUT2D eigenvalue weighted by Crippen LogP contribution is 2.59. The minimum atomic E-state index is -2.61. The summed E-state index contributed by atoms with van der Waals surface area (Å²) >= 11 is 5.99. The third-order valence-electron chi connectivity index (χ3n) is 5.49. The van der Waals surface area contributed by atoms with Gasteiger partial charge in [-0.15, -0.1) is 0 Å². The van der Waals surface area contributed by atoms with E-state index in [2.05, 4.69) is 45.0 Å². The van der Waals surface area contributed by atoms with Gasteiger partial charge in [0.05, 0.1) is 5.30 Å². The van der Waals surface area contributed by atoms with Crippen LogP contribution >= 0.6 is 6.49 Å². The summed E-state index contributed by atoms with van der Waals surface area (Å²) in [7, 11) is 0. The topological polar surface area (TPSA) is 18.5 Å². The van der Waals surface area contributed by atoms with Crippen molar-refractivity contribution in [2.24, 2.45) is 11.3 Å². The van der Waals surface area contributed by atoms with Gasteiger partial charge >= 0.3 is 6.49 Å². The highest BCUT2D eigenvalue weighted by molar-refractivity contribution is 8.13. The van der Waals surface area contributed by atoms with E-state index >= 15 is 0 Å². The monoisotopic (exact) mass is 384 g/mol. The molecule has 2 nitrogen and oxygen atoms in total. The van der Waals surface area contributed by atoms with Crippen molar-refractivity contribution in [3.8, 4) is 5.75 Å². The Balaban J connectivity index is 1.75. The standard InChI is InChI=1S/C22H25O2PS/c1-22(2,3)16-13-14-20-19(15-16)18-11-7-8-12-21(18)25(26,24-20)23-17-9-5-4-6-10-17/h4-12,14,16,19H,13,15H2,1-3H3. The number of hydrogen-bond acceptors (Lipinski definition) is 3. The fraction of sp³-hybridized carbons (Fsp3) is 0.364. The molecule has 1 aliphatic heterocycles. The lowest BCUT2D eigenvalue weighted by Crippen LogP contribution is -2.32. The van der Waals surface area contributed by atoms with Crippen LogP contribution in [0.4, 0.5) is 0 Å². The summed E-state index contributed by atoms with van der Waals surface area (Å²) in [6.07, 6.45) is 4.40. The molecule has 4 rings (SSSR count). The molecule has 136 valence electrons. The highest BCUT2D eigenvalue weighted by atomic mass is 32.5. The zero-order valence-corrected chi connectivity index (χ0v) is 17.2. The molecule has 2 aromatic carbocycles. The van der Waals surface area contributed by atoms with Crippen LogP contribution in [-0.4, -0.2) is 0 Å². The summed E-state index contributed by atoms with van der Waals surface area (Å²) < 4.78 is 12.7. The third-order valence-corrected chi connectivity index (χ3v) is 8.43. The number of rotatable bonds is 2. The molecule has 2 aliphatic rings. The molecule has 3 unspecified atom stereocenters. The molecule has 0 spiro atoms. The molecule has 1 heterocycles. The van der Waals surface area contributed by atoms with E-state index in [-0.39, 0.29) is 5.41 Å². The summed E-state index contributed by atoms with van der Waals surface area (Å²) in [6.45, 7) is 4.38. The molecular weight excluding hydrogens is 359 g/mol. The Labute approximate surface area is 161 Å². The molecule has 1 aliphatic carbocycles. The number of hydrogen-bond donors (Lipinski definition) is 0. The minimum Gasteiger partial charge on any atom is -0.436 e. The summed E-state index contributed by atoms with van der Waals surface area (Å²) in [5.41, 5.74) is 1.58. The largest absolute Gasteiger partial charge is 0.436 e. The molecule has 4 heteroatoms. The first-order valence-corrected chi connectivity index (χ1v) is 11.8. The Bertz CT molecular complexity index is 883. The van der Waals surface area contributed by atoms with E-state index in [1.54, 1.807) is 0 Å². The van der Waals surface area contributed by atoms with E-state index in [0.717, 1.165) is 29.7 Å². The zero-order chi connectivity index (χ0) is 18.4. The maximum Gasteiger partial charge on any atom is 0.319 e. The predicted octanol–water partition coefficient (Wildman–Crippen LogP) is 6.15. The van der Waals surface area contributed by atoms with Crippen LogP contribution in [0.1, 0.15) is 45.1 Å². The van der Waals surface area contributed by atoms with Crippen molar-refractivity contribution in [1.29, 1.82) is 0 Å². The second-order valence-corrected chi connectivity index (χ2v) is 11.5.